The highest BCUT2D eigenvalue weighted by molar-refractivity contribution is 9.10. The molecule has 5 nitrogen and oxygen atoms in total. The summed E-state index contributed by atoms with van der Waals surface area (Å²) < 4.78 is 17.9. The van der Waals surface area contributed by atoms with Crippen molar-refractivity contribution in [1.82, 2.24) is 15.5 Å². The van der Waals surface area contributed by atoms with E-state index in [9.17, 15) is 4.21 Å². The number of hydrogen-bond donors (Lipinski definition) is 1. The molecule has 1 saturated heterocycles. The molecule has 2 aromatic rings. The summed E-state index contributed by atoms with van der Waals surface area (Å²) in [6.07, 6.45) is 1.88. The van der Waals surface area contributed by atoms with Gasteiger partial charge in [-0.3, -0.25) is 4.21 Å². The van der Waals surface area contributed by atoms with Gasteiger partial charge in [0.05, 0.1) is 12.1 Å². The molecule has 0 radical (unpaired) electrons. The zero-order chi connectivity index (χ0) is 14.7. The molecule has 0 saturated carbocycles. The fraction of sp³-hybridized carbons (Fsp3) is 0.429. The Morgan fingerprint density at radius 1 is 1.29 bits per heavy atom. The Bertz CT molecular complexity index is 637. The Morgan fingerprint density at radius 3 is 2.81 bits per heavy atom. The molecule has 0 atom stereocenters. The van der Waals surface area contributed by atoms with Gasteiger partial charge < -0.3 is 9.73 Å². The number of benzene rings is 1. The Balaban J connectivity index is 1.61. The number of nitrogens with one attached hydrogen (secondary N) is 1. The van der Waals surface area contributed by atoms with Crippen LogP contribution in [0.5, 0.6) is 0 Å². The Labute approximate surface area is 134 Å². The molecular formula is C14H16BrN3O2S. The highest BCUT2D eigenvalue weighted by atomic mass is 79.9. The molecule has 1 fully saturated rings. The minimum Gasteiger partial charge on any atom is -0.419 e. The molecule has 0 amide bonds. The number of hydrogen-bond acceptors (Lipinski definition) is 5. The van der Waals surface area contributed by atoms with Crippen LogP contribution in [0.25, 0.3) is 11.5 Å². The quantitative estimate of drug-likeness (QED) is 0.896. The maximum absolute atomic E-state index is 11.3. The van der Waals surface area contributed by atoms with Gasteiger partial charge in [0.25, 0.3) is 0 Å². The monoisotopic (exact) mass is 369 g/mol. The van der Waals surface area contributed by atoms with Crippen molar-refractivity contribution in [2.75, 3.05) is 11.5 Å². The number of halogens is 1. The highest BCUT2D eigenvalue weighted by Crippen LogP contribution is 2.26. The minimum absolute atomic E-state index is 0.390. The van der Waals surface area contributed by atoms with Gasteiger partial charge in [-0.1, -0.05) is 12.1 Å². The van der Waals surface area contributed by atoms with E-state index in [2.05, 4.69) is 31.4 Å². The molecule has 0 aliphatic carbocycles. The highest BCUT2D eigenvalue weighted by Gasteiger charge is 2.18. The first-order chi connectivity index (χ1) is 10.2. The molecule has 0 spiro atoms. The van der Waals surface area contributed by atoms with Crippen LogP contribution in [0.1, 0.15) is 18.7 Å². The number of aromatic nitrogens is 2. The summed E-state index contributed by atoms with van der Waals surface area (Å²) in [4.78, 5) is 0. The summed E-state index contributed by atoms with van der Waals surface area (Å²) >= 11 is 3.48. The Morgan fingerprint density at radius 2 is 2.05 bits per heavy atom. The predicted molar refractivity (Wildman–Crippen MR) is 85.2 cm³/mol. The van der Waals surface area contributed by atoms with Crippen LogP contribution in [0.15, 0.2) is 33.2 Å². The van der Waals surface area contributed by atoms with Gasteiger partial charge in [0, 0.05) is 32.8 Å². The van der Waals surface area contributed by atoms with Gasteiger partial charge in [-0.05, 0) is 40.9 Å². The summed E-state index contributed by atoms with van der Waals surface area (Å²) in [5.74, 6) is 2.66. The molecule has 21 heavy (non-hydrogen) atoms. The van der Waals surface area contributed by atoms with Gasteiger partial charge in [0.2, 0.25) is 11.8 Å². The maximum Gasteiger partial charge on any atom is 0.248 e. The van der Waals surface area contributed by atoms with E-state index in [-0.39, 0.29) is 0 Å². The van der Waals surface area contributed by atoms with Crippen molar-refractivity contribution in [1.29, 1.82) is 0 Å². The standard InChI is InChI=1S/C14H16BrN3O2S/c15-12-4-2-1-3-11(12)14-18-17-13(20-14)9-16-10-5-7-21(19)8-6-10/h1-4,10,16H,5-9H2. The van der Waals surface area contributed by atoms with E-state index >= 15 is 0 Å². The smallest absolute Gasteiger partial charge is 0.248 e. The van der Waals surface area contributed by atoms with E-state index in [1.54, 1.807) is 0 Å². The third-order valence-corrected chi connectivity index (χ3v) is 5.57. The van der Waals surface area contributed by atoms with Crippen LogP contribution in [-0.4, -0.2) is 32.0 Å². The molecule has 3 rings (SSSR count). The lowest BCUT2D eigenvalue weighted by molar-refractivity contribution is 0.420. The molecule has 1 aliphatic heterocycles. The first-order valence-electron chi connectivity index (χ1n) is 6.88. The second-order valence-corrected chi connectivity index (χ2v) is 7.53. The van der Waals surface area contributed by atoms with Gasteiger partial charge in [-0.25, -0.2) is 0 Å². The number of nitrogens with zero attached hydrogens (tertiary/aromatic N) is 2. The van der Waals surface area contributed by atoms with Gasteiger partial charge >= 0.3 is 0 Å². The van der Waals surface area contributed by atoms with E-state index in [0.717, 1.165) is 34.4 Å². The average molecular weight is 370 g/mol. The van der Waals surface area contributed by atoms with Crippen LogP contribution in [0, 0.1) is 0 Å². The van der Waals surface area contributed by atoms with Crippen LogP contribution >= 0.6 is 15.9 Å². The molecule has 1 aromatic heterocycles. The van der Waals surface area contributed by atoms with Crippen molar-refractivity contribution in [2.45, 2.75) is 25.4 Å². The van der Waals surface area contributed by atoms with Crippen LogP contribution in [0.4, 0.5) is 0 Å². The molecule has 7 heteroatoms. The van der Waals surface area contributed by atoms with Gasteiger partial charge in [-0.15, -0.1) is 10.2 Å². The summed E-state index contributed by atoms with van der Waals surface area (Å²) in [6, 6.07) is 8.15. The fourth-order valence-corrected chi connectivity index (χ4v) is 4.05. The van der Waals surface area contributed by atoms with Crippen LogP contribution in [0.2, 0.25) is 0 Å². The second-order valence-electron chi connectivity index (χ2n) is 4.98. The lowest BCUT2D eigenvalue weighted by Gasteiger charge is -2.21. The van der Waals surface area contributed by atoms with Crippen molar-refractivity contribution in [3.63, 3.8) is 0 Å². The van der Waals surface area contributed by atoms with Crippen molar-refractivity contribution in [3.8, 4) is 11.5 Å². The Hall–Kier alpha value is -1.05. The molecule has 1 aliphatic rings. The summed E-state index contributed by atoms with van der Waals surface area (Å²) in [5, 5.41) is 11.6. The fourth-order valence-electron chi connectivity index (χ4n) is 2.30. The molecular weight excluding hydrogens is 354 g/mol. The maximum atomic E-state index is 11.3. The van der Waals surface area contributed by atoms with Crippen LogP contribution in [0.3, 0.4) is 0 Å². The largest absolute Gasteiger partial charge is 0.419 e. The topological polar surface area (TPSA) is 68.0 Å². The second kappa shape index (κ2) is 6.81. The molecule has 0 unspecified atom stereocenters. The van der Waals surface area contributed by atoms with Gasteiger partial charge in [-0.2, -0.15) is 0 Å². The lowest BCUT2D eigenvalue weighted by Crippen LogP contribution is -2.35. The normalized spacial score (nSPS) is 22.3. The third kappa shape index (κ3) is 3.78. The van der Waals surface area contributed by atoms with Crippen LogP contribution in [-0.2, 0) is 17.3 Å². The zero-order valence-electron chi connectivity index (χ0n) is 11.4. The van der Waals surface area contributed by atoms with Crippen molar-refractivity contribution in [3.05, 3.63) is 34.6 Å². The molecule has 1 N–H and O–H groups in total. The summed E-state index contributed by atoms with van der Waals surface area (Å²) in [7, 11) is -0.629. The van der Waals surface area contributed by atoms with E-state index in [1.165, 1.54) is 0 Å². The van der Waals surface area contributed by atoms with Crippen molar-refractivity contribution < 1.29 is 8.63 Å². The van der Waals surface area contributed by atoms with E-state index in [0.29, 0.717) is 24.4 Å². The summed E-state index contributed by atoms with van der Waals surface area (Å²) in [5.41, 5.74) is 0.893. The minimum atomic E-state index is -0.629. The zero-order valence-corrected chi connectivity index (χ0v) is 13.8. The van der Waals surface area contributed by atoms with E-state index < -0.39 is 10.8 Å². The number of rotatable bonds is 4. The van der Waals surface area contributed by atoms with Crippen molar-refractivity contribution >= 4 is 26.7 Å². The third-order valence-electron chi connectivity index (χ3n) is 3.50. The van der Waals surface area contributed by atoms with E-state index in [4.69, 9.17) is 4.42 Å². The molecule has 1 aromatic carbocycles. The van der Waals surface area contributed by atoms with Gasteiger partial charge in [0.15, 0.2) is 0 Å². The summed E-state index contributed by atoms with van der Waals surface area (Å²) in [6.45, 7) is 0.550. The van der Waals surface area contributed by atoms with Crippen molar-refractivity contribution in [2.24, 2.45) is 0 Å². The molecule has 2 heterocycles. The molecule has 112 valence electrons. The Kier molecular flexibility index (Phi) is 4.82. The first-order valence-corrected chi connectivity index (χ1v) is 9.16. The van der Waals surface area contributed by atoms with Crippen LogP contribution < -0.4 is 5.32 Å². The SMILES string of the molecule is O=S1CCC(NCc2nnc(-c3ccccc3Br)o2)CC1. The molecule has 0 bridgehead atoms. The predicted octanol–water partition coefficient (Wildman–Crippen LogP) is 2.50. The first kappa shape index (κ1) is 14.9. The van der Waals surface area contributed by atoms with Gasteiger partial charge in [0.1, 0.15) is 0 Å². The average Bonchev–Trinajstić information content (AvgIpc) is 2.96. The van der Waals surface area contributed by atoms with E-state index in [1.807, 2.05) is 24.3 Å². The lowest BCUT2D eigenvalue weighted by atomic mass is 10.1.